The number of pyridine rings is 1. The van der Waals surface area contributed by atoms with Crippen molar-refractivity contribution in [3.05, 3.63) is 46.3 Å². The van der Waals surface area contributed by atoms with Gasteiger partial charge in [0, 0.05) is 17.3 Å². The van der Waals surface area contributed by atoms with Gasteiger partial charge in [-0.2, -0.15) is 0 Å². The lowest BCUT2D eigenvalue weighted by molar-refractivity contribution is 0.369. The Morgan fingerprint density at radius 3 is 2.71 bits per heavy atom. The molecule has 0 aliphatic rings. The molecule has 0 saturated carbocycles. The molecule has 0 bridgehead atoms. The van der Waals surface area contributed by atoms with E-state index in [2.05, 4.69) is 4.98 Å². The van der Waals surface area contributed by atoms with E-state index >= 15 is 0 Å². The van der Waals surface area contributed by atoms with Crippen LogP contribution < -0.4 is 4.74 Å². The Bertz CT molecular complexity index is 560. The molecule has 1 aromatic heterocycles. The van der Waals surface area contributed by atoms with Gasteiger partial charge in [0.15, 0.2) is 5.82 Å². The van der Waals surface area contributed by atoms with E-state index in [1.54, 1.807) is 18.2 Å². The minimum atomic E-state index is -0.541. The van der Waals surface area contributed by atoms with Crippen LogP contribution >= 0.6 is 23.2 Å². The summed E-state index contributed by atoms with van der Waals surface area (Å²) in [6, 6.07) is 6.47. The van der Waals surface area contributed by atoms with Crippen molar-refractivity contribution in [3.8, 4) is 17.0 Å². The molecule has 0 unspecified atom stereocenters. The monoisotopic (exact) mass is 271 g/mol. The van der Waals surface area contributed by atoms with Crippen molar-refractivity contribution >= 4 is 23.2 Å². The van der Waals surface area contributed by atoms with E-state index < -0.39 is 5.82 Å². The molecule has 0 radical (unpaired) electrons. The quantitative estimate of drug-likeness (QED) is 0.817. The highest BCUT2D eigenvalue weighted by atomic mass is 35.5. The van der Waals surface area contributed by atoms with Crippen LogP contribution in [-0.2, 0) is 0 Å². The molecular weight excluding hydrogens is 264 g/mol. The Kier molecular flexibility index (Phi) is 3.50. The van der Waals surface area contributed by atoms with Crippen molar-refractivity contribution in [1.29, 1.82) is 0 Å². The highest BCUT2D eigenvalue weighted by molar-refractivity contribution is 6.43. The molecule has 88 valence electrons. The molecule has 1 aromatic carbocycles. The summed E-state index contributed by atoms with van der Waals surface area (Å²) in [5.74, 6) is -0.590. The van der Waals surface area contributed by atoms with E-state index in [9.17, 15) is 4.39 Å². The van der Waals surface area contributed by atoms with E-state index in [0.29, 0.717) is 21.2 Å². The lowest BCUT2D eigenvalue weighted by Gasteiger charge is -2.07. The van der Waals surface area contributed by atoms with Gasteiger partial charge < -0.3 is 4.74 Å². The zero-order chi connectivity index (χ0) is 12.4. The van der Waals surface area contributed by atoms with Crippen molar-refractivity contribution in [2.45, 2.75) is 0 Å². The first-order valence-corrected chi connectivity index (χ1v) is 5.53. The van der Waals surface area contributed by atoms with Crippen LogP contribution in [0, 0.1) is 5.82 Å². The average Bonchev–Trinajstić information content (AvgIpc) is 2.32. The molecule has 0 saturated heterocycles. The van der Waals surface area contributed by atoms with Crippen molar-refractivity contribution in [2.24, 2.45) is 0 Å². The zero-order valence-electron chi connectivity index (χ0n) is 8.88. The predicted octanol–water partition coefficient (Wildman–Crippen LogP) is 4.20. The van der Waals surface area contributed by atoms with Gasteiger partial charge in [0.1, 0.15) is 0 Å². The summed E-state index contributed by atoms with van der Waals surface area (Å²) in [5.41, 5.74) is 1.18. The van der Waals surface area contributed by atoms with Gasteiger partial charge in [-0.15, -0.1) is 0 Å². The van der Waals surface area contributed by atoms with Crippen molar-refractivity contribution in [3.63, 3.8) is 0 Å². The number of halogens is 3. The van der Waals surface area contributed by atoms with E-state index in [1.165, 1.54) is 19.4 Å². The number of rotatable bonds is 2. The Labute approximate surface area is 108 Å². The third-order valence-corrected chi connectivity index (χ3v) is 3.08. The van der Waals surface area contributed by atoms with Gasteiger partial charge in [0.05, 0.1) is 17.2 Å². The molecule has 2 nitrogen and oxygen atoms in total. The molecule has 5 heteroatoms. The number of aromatic nitrogens is 1. The van der Waals surface area contributed by atoms with Gasteiger partial charge in [-0.05, 0) is 12.1 Å². The van der Waals surface area contributed by atoms with Crippen LogP contribution in [0.25, 0.3) is 11.1 Å². The summed E-state index contributed by atoms with van der Waals surface area (Å²) in [4.78, 5) is 3.84. The molecular formula is C12H8Cl2FNO. The minimum Gasteiger partial charge on any atom is -0.479 e. The zero-order valence-corrected chi connectivity index (χ0v) is 10.4. The third kappa shape index (κ3) is 2.35. The molecule has 2 rings (SSSR count). The highest BCUT2D eigenvalue weighted by Gasteiger charge is 2.10. The topological polar surface area (TPSA) is 22.1 Å². The molecule has 0 N–H and O–H groups in total. The fraction of sp³-hybridized carbons (Fsp3) is 0.0833. The fourth-order valence-corrected chi connectivity index (χ4v) is 1.86. The summed E-state index contributed by atoms with van der Waals surface area (Å²) in [6.07, 6.45) is 1.49. The first-order chi connectivity index (χ1) is 8.13. The Morgan fingerprint density at radius 2 is 2.06 bits per heavy atom. The minimum absolute atomic E-state index is 0.0492. The summed E-state index contributed by atoms with van der Waals surface area (Å²) in [7, 11) is 1.36. The standard InChI is InChI=1S/C12H8Cl2FNO/c1-17-12-10(15)5-7(6-16-12)8-3-2-4-9(13)11(8)14/h2-6H,1H3. The molecule has 0 spiro atoms. The van der Waals surface area contributed by atoms with E-state index in [1.807, 2.05) is 0 Å². The number of ether oxygens (including phenoxy) is 1. The number of methoxy groups -OCH3 is 1. The number of hydrogen-bond acceptors (Lipinski definition) is 2. The molecule has 0 aliphatic carbocycles. The molecule has 0 aliphatic heterocycles. The maximum Gasteiger partial charge on any atom is 0.250 e. The van der Waals surface area contributed by atoms with Gasteiger partial charge in [0.25, 0.3) is 0 Å². The average molecular weight is 272 g/mol. The number of hydrogen-bond donors (Lipinski definition) is 0. The molecule has 0 fully saturated rings. The second-order valence-corrected chi connectivity index (χ2v) is 4.10. The van der Waals surface area contributed by atoms with Crippen molar-refractivity contribution < 1.29 is 9.13 Å². The summed E-state index contributed by atoms with van der Waals surface area (Å²) >= 11 is 11.9. The summed E-state index contributed by atoms with van der Waals surface area (Å²) < 4.78 is 18.2. The van der Waals surface area contributed by atoms with Crippen LogP contribution in [0.4, 0.5) is 4.39 Å². The van der Waals surface area contributed by atoms with Crippen molar-refractivity contribution in [2.75, 3.05) is 7.11 Å². The normalized spacial score (nSPS) is 10.4. The molecule has 0 amide bonds. The van der Waals surface area contributed by atoms with Crippen LogP contribution in [0.3, 0.4) is 0 Å². The van der Waals surface area contributed by atoms with E-state index in [0.717, 1.165) is 0 Å². The van der Waals surface area contributed by atoms with Gasteiger partial charge in [-0.25, -0.2) is 9.37 Å². The SMILES string of the molecule is COc1ncc(-c2cccc(Cl)c2Cl)cc1F. The van der Waals surface area contributed by atoms with Crippen LogP contribution in [0.15, 0.2) is 30.5 Å². The predicted molar refractivity (Wildman–Crippen MR) is 66.2 cm³/mol. The van der Waals surface area contributed by atoms with Crippen LogP contribution in [0.2, 0.25) is 10.0 Å². The van der Waals surface area contributed by atoms with E-state index in [4.69, 9.17) is 27.9 Å². The number of nitrogens with zero attached hydrogens (tertiary/aromatic N) is 1. The largest absolute Gasteiger partial charge is 0.479 e. The fourth-order valence-electron chi connectivity index (χ4n) is 1.45. The number of benzene rings is 1. The Balaban J connectivity index is 2.54. The molecule has 1 heterocycles. The Hall–Kier alpha value is -1.32. The van der Waals surface area contributed by atoms with Gasteiger partial charge in [0.2, 0.25) is 5.88 Å². The highest BCUT2D eigenvalue weighted by Crippen LogP contribution is 2.34. The smallest absolute Gasteiger partial charge is 0.250 e. The van der Waals surface area contributed by atoms with Crippen LogP contribution in [-0.4, -0.2) is 12.1 Å². The first-order valence-electron chi connectivity index (χ1n) is 4.77. The third-order valence-electron chi connectivity index (χ3n) is 2.26. The molecule has 2 aromatic rings. The van der Waals surface area contributed by atoms with Gasteiger partial charge >= 0.3 is 0 Å². The summed E-state index contributed by atoms with van der Waals surface area (Å²) in [6.45, 7) is 0. The lowest BCUT2D eigenvalue weighted by atomic mass is 10.1. The lowest BCUT2D eigenvalue weighted by Crippen LogP contribution is -1.93. The molecule has 17 heavy (non-hydrogen) atoms. The molecule has 0 atom stereocenters. The van der Waals surface area contributed by atoms with Gasteiger partial charge in [-0.1, -0.05) is 35.3 Å². The van der Waals surface area contributed by atoms with E-state index in [-0.39, 0.29) is 5.88 Å². The Morgan fingerprint density at radius 1 is 1.29 bits per heavy atom. The summed E-state index contributed by atoms with van der Waals surface area (Å²) in [5, 5.41) is 0.793. The van der Waals surface area contributed by atoms with Crippen LogP contribution in [0.5, 0.6) is 5.88 Å². The maximum atomic E-state index is 13.5. The van der Waals surface area contributed by atoms with Gasteiger partial charge in [-0.3, -0.25) is 0 Å². The van der Waals surface area contributed by atoms with Crippen molar-refractivity contribution in [1.82, 2.24) is 4.98 Å². The maximum absolute atomic E-state index is 13.5. The second-order valence-electron chi connectivity index (χ2n) is 3.32. The first kappa shape index (κ1) is 12.1. The second kappa shape index (κ2) is 4.90. The van der Waals surface area contributed by atoms with Crippen LogP contribution in [0.1, 0.15) is 0 Å².